The third-order valence-corrected chi connectivity index (χ3v) is 5.22. The summed E-state index contributed by atoms with van der Waals surface area (Å²) in [5, 5.41) is 3.06. The lowest BCUT2D eigenvalue weighted by Crippen LogP contribution is -2.41. The van der Waals surface area contributed by atoms with Gasteiger partial charge >= 0.3 is 0 Å². The Balaban J connectivity index is 1.55. The van der Waals surface area contributed by atoms with Crippen molar-refractivity contribution < 1.29 is 14.3 Å². The lowest BCUT2D eigenvalue weighted by atomic mass is 10.0. The number of methoxy groups -OCH3 is 1. The fourth-order valence-electron chi connectivity index (χ4n) is 3.56. The summed E-state index contributed by atoms with van der Waals surface area (Å²) in [4.78, 5) is 14.8. The Morgan fingerprint density at radius 3 is 2.29 bits per heavy atom. The summed E-state index contributed by atoms with van der Waals surface area (Å²) in [5.41, 5.74) is 2.50. The van der Waals surface area contributed by atoms with Crippen molar-refractivity contribution in [1.82, 2.24) is 10.2 Å². The summed E-state index contributed by atoms with van der Waals surface area (Å²) in [6.45, 7) is 4.85. The van der Waals surface area contributed by atoms with Crippen LogP contribution in [0.2, 0.25) is 0 Å². The van der Waals surface area contributed by atoms with Crippen molar-refractivity contribution in [2.45, 2.75) is 32.2 Å². The van der Waals surface area contributed by atoms with Gasteiger partial charge in [-0.25, -0.2) is 0 Å². The highest BCUT2D eigenvalue weighted by molar-refractivity contribution is 5.77. The normalized spacial score (nSPS) is 15.6. The van der Waals surface area contributed by atoms with E-state index in [4.69, 9.17) is 9.47 Å². The first-order chi connectivity index (χ1) is 13.7. The molecule has 0 saturated carbocycles. The second-order valence-electron chi connectivity index (χ2n) is 7.29. The molecular formula is C23H30N2O3. The van der Waals surface area contributed by atoms with E-state index in [1.165, 1.54) is 30.4 Å². The van der Waals surface area contributed by atoms with Gasteiger partial charge in [0, 0.05) is 6.54 Å². The molecule has 5 nitrogen and oxygen atoms in total. The SMILES string of the molecule is COc1ccc(OCC(=O)NC[C@H](c2ccc(C)cc2)N2CCCCC2)cc1. The molecule has 1 aliphatic heterocycles. The topological polar surface area (TPSA) is 50.8 Å². The molecule has 5 heteroatoms. The van der Waals surface area contributed by atoms with Gasteiger partial charge in [0.2, 0.25) is 0 Å². The quantitative estimate of drug-likeness (QED) is 0.756. The zero-order valence-corrected chi connectivity index (χ0v) is 16.8. The first kappa shape index (κ1) is 20.2. The Morgan fingerprint density at radius 2 is 1.64 bits per heavy atom. The van der Waals surface area contributed by atoms with Crippen LogP contribution in [-0.4, -0.2) is 44.2 Å². The van der Waals surface area contributed by atoms with Gasteiger partial charge in [0.05, 0.1) is 13.2 Å². The number of hydrogen-bond acceptors (Lipinski definition) is 4. The Bertz CT molecular complexity index is 737. The van der Waals surface area contributed by atoms with Crippen LogP contribution in [0.15, 0.2) is 48.5 Å². The summed E-state index contributed by atoms with van der Waals surface area (Å²) in [6.07, 6.45) is 3.73. The lowest BCUT2D eigenvalue weighted by molar-refractivity contribution is -0.123. The molecule has 0 radical (unpaired) electrons. The van der Waals surface area contributed by atoms with Gasteiger partial charge in [-0.2, -0.15) is 0 Å². The van der Waals surface area contributed by atoms with Crippen LogP contribution in [0.3, 0.4) is 0 Å². The first-order valence-corrected chi connectivity index (χ1v) is 10.00. The summed E-state index contributed by atoms with van der Waals surface area (Å²) >= 11 is 0. The largest absolute Gasteiger partial charge is 0.497 e. The molecule has 1 N–H and O–H groups in total. The number of carbonyl (C=O) groups excluding carboxylic acids is 1. The molecule has 3 rings (SSSR count). The number of aryl methyl sites for hydroxylation is 1. The maximum absolute atomic E-state index is 12.3. The molecule has 1 fully saturated rings. The zero-order valence-electron chi connectivity index (χ0n) is 16.8. The average molecular weight is 383 g/mol. The number of amides is 1. The Labute approximate surface area is 167 Å². The fraction of sp³-hybridized carbons (Fsp3) is 0.435. The molecule has 150 valence electrons. The summed E-state index contributed by atoms with van der Waals surface area (Å²) < 4.78 is 10.7. The highest BCUT2D eigenvalue weighted by Crippen LogP contribution is 2.24. The second kappa shape index (κ2) is 10.1. The Kier molecular flexibility index (Phi) is 7.31. The van der Waals surface area contributed by atoms with Crippen molar-refractivity contribution in [1.29, 1.82) is 0 Å². The summed E-state index contributed by atoms with van der Waals surface area (Å²) in [6, 6.07) is 16.1. The maximum atomic E-state index is 12.3. The number of carbonyl (C=O) groups is 1. The van der Waals surface area contributed by atoms with Gasteiger partial charge in [0.25, 0.3) is 5.91 Å². The van der Waals surface area contributed by atoms with Crippen LogP contribution < -0.4 is 14.8 Å². The number of piperidine rings is 1. The van der Waals surface area contributed by atoms with Crippen molar-refractivity contribution in [2.24, 2.45) is 0 Å². The molecule has 1 atom stereocenters. The minimum atomic E-state index is -0.107. The van der Waals surface area contributed by atoms with E-state index in [1.54, 1.807) is 19.2 Å². The van der Waals surface area contributed by atoms with Crippen molar-refractivity contribution in [3.8, 4) is 11.5 Å². The number of nitrogens with zero attached hydrogens (tertiary/aromatic N) is 1. The molecule has 0 aliphatic carbocycles. The first-order valence-electron chi connectivity index (χ1n) is 10.00. The second-order valence-corrected chi connectivity index (χ2v) is 7.29. The highest BCUT2D eigenvalue weighted by Gasteiger charge is 2.22. The molecule has 1 saturated heterocycles. The molecule has 0 unspecified atom stereocenters. The van der Waals surface area contributed by atoms with Crippen LogP contribution in [0, 0.1) is 6.92 Å². The minimum Gasteiger partial charge on any atom is -0.497 e. The summed E-state index contributed by atoms with van der Waals surface area (Å²) in [5.74, 6) is 1.31. The van der Waals surface area contributed by atoms with Crippen molar-refractivity contribution in [2.75, 3.05) is 33.4 Å². The predicted molar refractivity (Wildman–Crippen MR) is 111 cm³/mol. The molecule has 2 aromatic rings. The van der Waals surface area contributed by atoms with Gasteiger partial charge in [-0.05, 0) is 62.7 Å². The highest BCUT2D eigenvalue weighted by atomic mass is 16.5. The van der Waals surface area contributed by atoms with E-state index in [0.717, 1.165) is 18.8 Å². The molecule has 28 heavy (non-hydrogen) atoms. The van der Waals surface area contributed by atoms with E-state index < -0.39 is 0 Å². The Hall–Kier alpha value is -2.53. The lowest BCUT2D eigenvalue weighted by Gasteiger charge is -2.35. The van der Waals surface area contributed by atoms with Crippen molar-refractivity contribution >= 4 is 5.91 Å². The molecule has 1 heterocycles. The number of likely N-dealkylation sites (tertiary alicyclic amines) is 1. The van der Waals surface area contributed by atoms with Gasteiger partial charge in [-0.3, -0.25) is 9.69 Å². The van der Waals surface area contributed by atoms with Crippen LogP contribution in [0.5, 0.6) is 11.5 Å². The number of nitrogens with one attached hydrogen (secondary N) is 1. The smallest absolute Gasteiger partial charge is 0.258 e. The van der Waals surface area contributed by atoms with Crippen LogP contribution in [0.25, 0.3) is 0 Å². The molecule has 0 bridgehead atoms. The molecule has 0 spiro atoms. The average Bonchev–Trinajstić information content (AvgIpc) is 2.75. The van der Waals surface area contributed by atoms with Gasteiger partial charge in [-0.1, -0.05) is 36.2 Å². The zero-order chi connectivity index (χ0) is 19.8. The van der Waals surface area contributed by atoms with Crippen LogP contribution in [0.4, 0.5) is 0 Å². The van der Waals surface area contributed by atoms with Crippen molar-refractivity contribution in [3.05, 3.63) is 59.7 Å². The third kappa shape index (κ3) is 5.73. The summed E-state index contributed by atoms with van der Waals surface area (Å²) in [7, 11) is 1.62. The van der Waals surface area contributed by atoms with E-state index in [-0.39, 0.29) is 18.6 Å². The van der Waals surface area contributed by atoms with Crippen LogP contribution in [-0.2, 0) is 4.79 Å². The van der Waals surface area contributed by atoms with Crippen LogP contribution in [0.1, 0.15) is 36.4 Å². The molecule has 1 aliphatic rings. The van der Waals surface area contributed by atoms with Gasteiger partial charge in [0.15, 0.2) is 6.61 Å². The van der Waals surface area contributed by atoms with E-state index in [2.05, 4.69) is 41.4 Å². The standard InChI is InChI=1S/C23H30N2O3/c1-18-6-8-19(9-7-18)22(25-14-4-3-5-15-25)16-24-23(26)17-28-21-12-10-20(27-2)11-13-21/h6-13,22H,3-5,14-17H2,1-2H3,(H,24,26)/t22-/m1/s1. The maximum Gasteiger partial charge on any atom is 0.258 e. The van der Waals surface area contributed by atoms with E-state index in [1.807, 2.05) is 12.1 Å². The fourth-order valence-corrected chi connectivity index (χ4v) is 3.56. The number of ether oxygens (including phenoxy) is 2. The molecule has 2 aromatic carbocycles. The number of hydrogen-bond donors (Lipinski definition) is 1. The van der Waals surface area contributed by atoms with Gasteiger partial charge in [0.1, 0.15) is 11.5 Å². The monoisotopic (exact) mass is 382 g/mol. The van der Waals surface area contributed by atoms with E-state index >= 15 is 0 Å². The molecule has 0 aromatic heterocycles. The molecule has 1 amide bonds. The molecular weight excluding hydrogens is 352 g/mol. The third-order valence-electron chi connectivity index (χ3n) is 5.22. The number of benzene rings is 2. The number of rotatable bonds is 8. The van der Waals surface area contributed by atoms with E-state index in [9.17, 15) is 4.79 Å². The Morgan fingerprint density at radius 1 is 1.00 bits per heavy atom. The van der Waals surface area contributed by atoms with Gasteiger partial charge in [-0.15, -0.1) is 0 Å². The minimum absolute atomic E-state index is 0.00689. The van der Waals surface area contributed by atoms with Crippen LogP contribution >= 0.6 is 0 Å². The van der Waals surface area contributed by atoms with E-state index in [0.29, 0.717) is 12.3 Å². The van der Waals surface area contributed by atoms with Crippen molar-refractivity contribution in [3.63, 3.8) is 0 Å². The predicted octanol–water partition coefficient (Wildman–Crippen LogP) is 3.73. The van der Waals surface area contributed by atoms with Gasteiger partial charge < -0.3 is 14.8 Å².